The first kappa shape index (κ1) is 20.0. The van der Waals surface area contributed by atoms with Crippen molar-refractivity contribution in [3.63, 3.8) is 0 Å². The van der Waals surface area contributed by atoms with Crippen LogP contribution in [0.2, 0.25) is 0 Å². The molecule has 0 aromatic heterocycles. The van der Waals surface area contributed by atoms with Crippen molar-refractivity contribution in [3.05, 3.63) is 83.9 Å². The zero-order valence-electron chi connectivity index (χ0n) is 16.8. The quantitative estimate of drug-likeness (QED) is 0.584. The van der Waals surface area contributed by atoms with Gasteiger partial charge in [0.05, 0.1) is 18.4 Å². The summed E-state index contributed by atoms with van der Waals surface area (Å²) in [5.41, 5.74) is 2.18. The van der Waals surface area contributed by atoms with E-state index in [1.165, 1.54) is 6.08 Å². The monoisotopic (exact) mass is 416 g/mol. The highest BCUT2D eigenvalue weighted by Crippen LogP contribution is 2.32. The molecule has 31 heavy (non-hydrogen) atoms. The van der Waals surface area contributed by atoms with E-state index in [1.807, 2.05) is 6.07 Å². The van der Waals surface area contributed by atoms with Crippen LogP contribution in [0.25, 0.3) is 6.08 Å². The molecule has 2 N–H and O–H groups in total. The van der Waals surface area contributed by atoms with E-state index in [0.717, 1.165) is 5.56 Å². The van der Waals surface area contributed by atoms with Crippen LogP contribution < -0.4 is 24.8 Å². The smallest absolute Gasteiger partial charge is 0.257 e. The van der Waals surface area contributed by atoms with Crippen LogP contribution >= 0.6 is 0 Å². The molecule has 7 nitrogen and oxygen atoms in total. The lowest BCUT2D eigenvalue weighted by Gasteiger charge is -2.11. The van der Waals surface area contributed by atoms with Crippen molar-refractivity contribution in [1.29, 1.82) is 0 Å². The van der Waals surface area contributed by atoms with Gasteiger partial charge in [0.15, 0.2) is 11.5 Å². The summed E-state index contributed by atoms with van der Waals surface area (Å²) < 4.78 is 15.7. The number of benzene rings is 3. The molecule has 4 rings (SSSR count). The maximum atomic E-state index is 12.7. The summed E-state index contributed by atoms with van der Waals surface area (Å²) in [4.78, 5) is 25.1. The molecule has 0 saturated heterocycles. The first-order valence-electron chi connectivity index (χ1n) is 9.55. The molecular formula is C24H20N2O5. The number of amides is 2. The largest absolute Gasteiger partial charge is 0.497 e. The summed E-state index contributed by atoms with van der Waals surface area (Å²) in [6.45, 7) is 0.193. The molecule has 1 aliphatic rings. The highest BCUT2D eigenvalue weighted by atomic mass is 16.7. The second-order valence-corrected chi connectivity index (χ2v) is 6.66. The molecule has 0 atom stereocenters. The van der Waals surface area contributed by atoms with Crippen molar-refractivity contribution in [2.45, 2.75) is 0 Å². The molecular weight excluding hydrogens is 396 g/mol. The Morgan fingerprint density at radius 1 is 0.935 bits per heavy atom. The Morgan fingerprint density at radius 2 is 1.71 bits per heavy atom. The fourth-order valence-electron chi connectivity index (χ4n) is 3.03. The standard InChI is InChI=1S/C24H20N2O5/c1-29-18-10-8-17(9-11-18)25-24(28)19-4-2-3-5-20(19)26-23(27)13-7-16-6-12-21-22(14-16)31-15-30-21/h2-14H,15H2,1H3,(H,25,28)(H,26,27)/b13-7+. The van der Waals surface area contributed by atoms with Crippen LogP contribution in [-0.2, 0) is 4.79 Å². The third kappa shape index (κ3) is 4.84. The molecule has 0 unspecified atom stereocenters. The molecule has 1 aliphatic heterocycles. The van der Waals surface area contributed by atoms with Crippen LogP contribution in [0.3, 0.4) is 0 Å². The average Bonchev–Trinajstić information content (AvgIpc) is 3.26. The van der Waals surface area contributed by atoms with Gasteiger partial charge in [-0.15, -0.1) is 0 Å². The molecule has 0 bridgehead atoms. The van der Waals surface area contributed by atoms with Crippen LogP contribution in [0.4, 0.5) is 11.4 Å². The summed E-state index contributed by atoms with van der Waals surface area (Å²) in [5, 5.41) is 5.57. The van der Waals surface area contributed by atoms with Crippen LogP contribution in [0, 0.1) is 0 Å². The number of hydrogen-bond donors (Lipinski definition) is 2. The molecule has 7 heteroatoms. The van der Waals surface area contributed by atoms with E-state index >= 15 is 0 Å². The summed E-state index contributed by atoms with van der Waals surface area (Å²) >= 11 is 0. The van der Waals surface area contributed by atoms with E-state index in [9.17, 15) is 9.59 Å². The van der Waals surface area contributed by atoms with E-state index in [1.54, 1.807) is 73.8 Å². The van der Waals surface area contributed by atoms with Gasteiger partial charge in [-0.25, -0.2) is 0 Å². The molecule has 156 valence electrons. The number of anilines is 2. The predicted molar refractivity (Wildman–Crippen MR) is 118 cm³/mol. The summed E-state index contributed by atoms with van der Waals surface area (Å²) in [6.07, 6.45) is 3.06. The molecule has 0 aliphatic carbocycles. The molecule has 0 saturated carbocycles. The molecule has 0 radical (unpaired) electrons. The fraction of sp³-hybridized carbons (Fsp3) is 0.0833. The van der Waals surface area contributed by atoms with Gasteiger partial charge in [-0.1, -0.05) is 18.2 Å². The van der Waals surface area contributed by atoms with Crippen LogP contribution in [0.1, 0.15) is 15.9 Å². The summed E-state index contributed by atoms with van der Waals surface area (Å²) in [5.74, 6) is 1.32. The molecule has 0 spiro atoms. The number of ether oxygens (including phenoxy) is 3. The van der Waals surface area contributed by atoms with Crippen molar-refractivity contribution in [1.82, 2.24) is 0 Å². The fourth-order valence-corrected chi connectivity index (χ4v) is 3.03. The Hall–Kier alpha value is -4.26. The Bertz CT molecular complexity index is 1140. The lowest BCUT2D eigenvalue weighted by molar-refractivity contribution is -0.111. The second-order valence-electron chi connectivity index (χ2n) is 6.66. The lowest BCUT2D eigenvalue weighted by atomic mass is 10.1. The maximum absolute atomic E-state index is 12.7. The average molecular weight is 416 g/mol. The Balaban J connectivity index is 1.43. The number of hydrogen-bond acceptors (Lipinski definition) is 5. The molecule has 1 heterocycles. The van der Waals surface area contributed by atoms with Gasteiger partial charge in [-0.3, -0.25) is 9.59 Å². The molecule has 2 amide bonds. The van der Waals surface area contributed by atoms with Crippen LogP contribution in [-0.4, -0.2) is 25.7 Å². The van der Waals surface area contributed by atoms with Crippen molar-refractivity contribution in [2.24, 2.45) is 0 Å². The van der Waals surface area contributed by atoms with Gasteiger partial charge in [0.1, 0.15) is 5.75 Å². The minimum atomic E-state index is -0.359. The third-order valence-corrected chi connectivity index (χ3v) is 4.60. The number of methoxy groups -OCH3 is 1. The normalized spacial score (nSPS) is 11.9. The molecule has 0 fully saturated rings. The number of para-hydroxylation sites is 1. The number of carbonyl (C=O) groups excluding carboxylic acids is 2. The third-order valence-electron chi connectivity index (χ3n) is 4.60. The lowest BCUT2D eigenvalue weighted by Crippen LogP contribution is -2.17. The first-order chi connectivity index (χ1) is 15.1. The Kier molecular flexibility index (Phi) is 5.84. The van der Waals surface area contributed by atoms with Crippen molar-refractivity contribution < 1.29 is 23.8 Å². The highest BCUT2D eigenvalue weighted by molar-refractivity contribution is 6.11. The van der Waals surface area contributed by atoms with E-state index < -0.39 is 0 Å². The van der Waals surface area contributed by atoms with Gasteiger partial charge in [-0.2, -0.15) is 0 Å². The molecule has 3 aromatic carbocycles. The second kappa shape index (κ2) is 9.04. The Morgan fingerprint density at radius 3 is 2.52 bits per heavy atom. The minimum Gasteiger partial charge on any atom is -0.497 e. The minimum absolute atomic E-state index is 0.193. The van der Waals surface area contributed by atoms with Crippen molar-refractivity contribution in [2.75, 3.05) is 24.5 Å². The van der Waals surface area contributed by atoms with Crippen molar-refractivity contribution in [3.8, 4) is 17.2 Å². The van der Waals surface area contributed by atoms with E-state index in [-0.39, 0.29) is 18.6 Å². The highest BCUT2D eigenvalue weighted by Gasteiger charge is 2.14. The predicted octanol–water partition coefficient (Wildman–Crippen LogP) is 4.33. The number of nitrogens with one attached hydrogen (secondary N) is 2. The van der Waals surface area contributed by atoms with Crippen molar-refractivity contribution >= 4 is 29.3 Å². The van der Waals surface area contributed by atoms with Gasteiger partial charge >= 0.3 is 0 Å². The van der Waals surface area contributed by atoms with Gasteiger partial charge in [-0.05, 0) is 60.2 Å². The van der Waals surface area contributed by atoms with Gasteiger partial charge in [0.2, 0.25) is 12.7 Å². The Labute approximate surface area is 179 Å². The molecule has 3 aromatic rings. The summed E-state index contributed by atoms with van der Waals surface area (Å²) in [7, 11) is 1.58. The SMILES string of the molecule is COc1ccc(NC(=O)c2ccccc2NC(=O)/C=C/c2ccc3c(c2)OCO3)cc1. The zero-order valence-corrected chi connectivity index (χ0v) is 16.8. The van der Waals surface area contributed by atoms with Gasteiger partial charge < -0.3 is 24.8 Å². The topological polar surface area (TPSA) is 85.9 Å². The zero-order chi connectivity index (χ0) is 21.6. The van der Waals surface area contributed by atoms with Gasteiger partial charge in [0.25, 0.3) is 5.91 Å². The van der Waals surface area contributed by atoms with Gasteiger partial charge in [0, 0.05) is 11.8 Å². The maximum Gasteiger partial charge on any atom is 0.257 e. The van der Waals surface area contributed by atoms with E-state index in [2.05, 4.69) is 10.6 Å². The summed E-state index contributed by atoms with van der Waals surface area (Å²) in [6, 6.07) is 19.2. The van der Waals surface area contributed by atoms with E-state index in [0.29, 0.717) is 34.2 Å². The number of fused-ring (bicyclic) bond motifs is 1. The van der Waals surface area contributed by atoms with E-state index in [4.69, 9.17) is 14.2 Å². The van der Waals surface area contributed by atoms with Crippen LogP contribution in [0.5, 0.6) is 17.2 Å². The number of rotatable bonds is 6. The first-order valence-corrected chi connectivity index (χ1v) is 9.55. The van der Waals surface area contributed by atoms with Crippen LogP contribution in [0.15, 0.2) is 72.8 Å². The number of carbonyl (C=O) groups is 2.